The van der Waals surface area contributed by atoms with Gasteiger partial charge in [0.2, 0.25) is 5.69 Å². The molecule has 0 spiro atoms. The summed E-state index contributed by atoms with van der Waals surface area (Å²) >= 11 is 13.3. The van der Waals surface area contributed by atoms with E-state index < -0.39 is 0 Å². The summed E-state index contributed by atoms with van der Waals surface area (Å²) in [6.07, 6.45) is 1.38. The van der Waals surface area contributed by atoms with Gasteiger partial charge in [-0.05, 0) is 24.3 Å². The van der Waals surface area contributed by atoms with Crippen molar-refractivity contribution in [1.29, 1.82) is 0 Å². The molecule has 0 saturated heterocycles. The predicted octanol–water partition coefficient (Wildman–Crippen LogP) is 3.68. The SMILES string of the molecule is O=C(NCc1cccc[n+]1[O-])c1csc(-c2ccc(Cl)cc2Cl)n1. The van der Waals surface area contributed by atoms with Crippen molar-refractivity contribution >= 4 is 40.4 Å². The highest BCUT2D eigenvalue weighted by molar-refractivity contribution is 7.13. The zero-order valence-corrected chi connectivity index (χ0v) is 14.5. The van der Waals surface area contributed by atoms with E-state index in [4.69, 9.17) is 23.2 Å². The molecule has 0 aliphatic rings. The third kappa shape index (κ3) is 3.67. The van der Waals surface area contributed by atoms with Gasteiger partial charge in [-0.15, -0.1) is 11.3 Å². The summed E-state index contributed by atoms with van der Waals surface area (Å²) in [6, 6.07) is 10.1. The number of carbonyl (C=O) groups excluding carboxylic acids is 1. The van der Waals surface area contributed by atoms with Crippen LogP contribution in [0, 0.1) is 5.21 Å². The molecule has 0 unspecified atom stereocenters. The van der Waals surface area contributed by atoms with Crippen LogP contribution in [0.1, 0.15) is 16.2 Å². The largest absolute Gasteiger partial charge is 0.618 e. The van der Waals surface area contributed by atoms with E-state index in [9.17, 15) is 10.0 Å². The van der Waals surface area contributed by atoms with Crippen molar-refractivity contribution in [3.05, 3.63) is 74.6 Å². The Morgan fingerprint density at radius 1 is 1.29 bits per heavy atom. The Labute approximate surface area is 152 Å². The third-order valence-corrected chi connectivity index (χ3v) is 4.66. The number of hydrogen-bond acceptors (Lipinski definition) is 4. The molecule has 0 aliphatic carbocycles. The van der Waals surface area contributed by atoms with Crippen molar-refractivity contribution in [1.82, 2.24) is 10.3 Å². The number of thiazole rings is 1. The summed E-state index contributed by atoms with van der Waals surface area (Å²) in [5, 5.41) is 17.5. The van der Waals surface area contributed by atoms with Crippen LogP contribution in [0.5, 0.6) is 0 Å². The zero-order valence-electron chi connectivity index (χ0n) is 12.2. The van der Waals surface area contributed by atoms with Gasteiger partial charge in [-0.2, -0.15) is 4.73 Å². The van der Waals surface area contributed by atoms with E-state index in [0.29, 0.717) is 31.0 Å². The molecule has 2 heterocycles. The van der Waals surface area contributed by atoms with Gasteiger partial charge in [0, 0.05) is 28.1 Å². The van der Waals surface area contributed by atoms with Crippen LogP contribution in [-0.2, 0) is 6.54 Å². The van der Waals surface area contributed by atoms with E-state index in [-0.39, 0.29) is 18.1 Å². The number of carbonyl (C=O) groups is 1. The van der Waals surface area contributed by atoms with Gasteiger partial charge in [0.25, 0.3) is 5.91 Å². The second-order valence-corrected chi connectivity index (χ2v) is 6.56. The van der Waals surface area contributed by atoms with Crippen LogP contribution in [0.3, 0.4) is 0 Å². The Morgan fingerprint density at radius 2 is 2.12 bits per heavy atom. The summed E-state index contributed by atoms with van der Waals surface area (Å²) in [7, 11) is 0. The maximum absolute atomic E-state index is 12.2. The average Bonchev–Trinajstić information content (AvgIpc) is 3.03. The second kappa shape index (κ2) is 7.17. The van der Waals surface area contributed by atoms with E-state index >= 15 is 0 Å². The van der Waals surface area contributed by atoms with Gasteiger partial charge in [-0.25, -0.2) is 4.98 Å². The maximum atomic E-state index is 12.2. The standard InChI is InChI=1S/C16H11Cl2N3O2S/c17-10-4-5-12(13(18)7-10)16-20-14(9-24-16)15(22)19-8-11-3-1-2-6-21(11)23/h1-7,9H,8H2,(H,19,22). The van der Waals surface area contributed by atoms with Crippen molar-refractivity contribution in [2.24, 2.45) is 0 Å². The van der Waals surface area contributed by atoms with Crippen LogP contribution >= 0.6 is 34.5 Å². The van der Waals surface area contributed by atoms with Gasteiger partial charge < -0.3 is 10.5 Å². The number of amides is 1. The molecule has 1 aromatic carbocycles. The molecule has 0 atom stereocenters. The summed E-state index contributed by atoms with van der Waals surface area (Å²) in [4.78, 5) is 16.5. The summed E-state index contributed by atoms with van der Waals surface area (Å²) in [5.41, 5.74) is 1.43. The van der Waals surface area contributed by atoms with Gasteiger partial charge in [-0.3, -0.25) is 4.79 Å². The molecule has 0 fully saturated rings. The molecule has 122 valence electrons. The summed E-state index contributed by atoms with van der Waals surface area (Å²) in [6.45, 7) is 0.123. The van der Waals surface area contributed by atoms with Crippen LogP contribution in [0.25, 0.3) is 10.6 Å². The Bertz CT molecular complexity index is 899. The minimum absolute atomic E-state index is 0.123. The van der Waals surface area contributed by atoms with Gasteiger partial charge in [0.15, 0.2) is 6.20 Å². The fourth-order valence-electron chi connectivity index (χ4n) is 2.03. The number of rotatable bonds is 4. The van der Waals surface area contributed by atoms with Gasteiger partial charge in [-0.1, -0.05) is 23.2 Å². The first-order valence-corrected chi connectivity index (χ1v) is 8.54. The lowest BCUT2D eigenvalue weighted by Gasteiger charge is -2.04. The molecule has 2 aromatic heterocycles. The van der Waals surface area contributed by atoms with Crippen molar-refractivity contribution in [2.75, 3.05) is 0 Å². The molecule has 1 amide bonds. The first-order valence-electron chi connectivity index (χ1n) is 6.91. The lowest BCUT2D eigenvalue weighted by Crippen LogP contribution is -2.35. The smallest absolute Gasteiger partial charge is 0.271 e. The first-order chi connectivity index (χ1) is 11.5. The summed E-state index contributed by atoms with van der Waals surface area (Å²) in [5.74, 6) is -0.355. The molecule has 0 saturated carbocycles. The number of halogens is 2. The Hall–Kier alpha value is -2.15. The summed E-state index contributed by atoms with van der Waals surface area (Å²) < 4.78 is 0.709. The molecule has 0 bridgehead atoms. The number of aromatic nitrogens is 2. The van der Waals surface area contributed by atoms with Crippen LogP contribution < -0.4 is 10.0 Å². The fourth-order valence-corrected chi connectivity index (χ4v) is 3.42. The van der Waals surface area contributed by atoms with Crippen molar-refractivity contribution in [3.8, 4) is 10.6 Å². The highest BCUT2D eigenvalue weighted by atomic mass is 35.5. The lowest BCUT2D eigenvalue weighted by atomic mass is 10.2. The van der Waals surface area contributed by atoms with Gasteiger partial charge in [0.05, 0.1) is 5.02 Å². The normalized spacial score (nSPS) is 10.6. The predicted molar refractivity (Wildman–Crippen MR) is 94.1 cm³/mol. The molecule has 8 heteroatoms. The highest BCUT2D eigenvalue weighted by Gasteiger charge is 2.15. The third-order valence-electron chi connectivity index (χ3n) is 3.23. The molecule has 3 aromatic rings. The number of pyridine rings is 1. The zero-order chi connectivity index (χ0) is 17.1. The van der Waals surface area contributed by atoms with E-state index in [1.807, 2.05) is 0 Å². The highest BCUT2D eigenvalue weighted by Crippen LogP contribution is 2.32. The van der Waals surface area contributed by atoms with E-state index in [1.54, 1.807) is 41.8 Å². The van der Waals surface area contributed by atoms with Crippen LogP contribution in [0.2, 0.25) is 10.0 Å². The Morgan fingerprint density at radius 3 is 2.88 bits per heavy atom. The Balaban J connectivity index is 1.73. The quantitative estimate of drug-likeness (QED) is 0.555. The molecule has 3 rings (SSSR count). The van der Waals surface area contributed by atoms with Crippen molar-refractivity contribution in [3.63, 3.8) is 0 Å². The van der Waals surface area contributed by atoms with Crippen LogP contribution in [0.15, 0.2) is 48.0 Å². The van der Waals surface area contributed by atoms with Crippen molar-refractivity contribution < 1.29 is 9.52 Å². The van der Waals surface area contributed by atoms with Crippen LogP contribution in [-0.4, -0.2) is 10.9 Å². The second-order valence-electron chi connectivity index (χ2n) is 4.86. The minimum Gasteiger partial charge on any atom is -0.618 e. The van der Waals surface area contributed by atoms with Crippen LogP contribution in [0.4, 0.5) is 0 Å². The first kappa shape index (κ1) is 16.7. The molecular formula is C16H11Cl2N3O2S. The van der Waals surface area contributed by atoms with Gasteiger partial charge >= 0.3 is 0 Å². The monoisotopic (exact) mass is 379 g/mol. The van der Waals surface area contributed by atoms with E-state index in [0.717, 1.165) is 0 Å². The topological polar surface area (TPSA) is 68.9 Å². The average molecular weight is 380 g/mol. The molecule has 5 nitrogen and oxygen atoms in total. The molecule has 1 N–H and O–H groups in total. The molecule has 24 heavy (non-hydrogen) atoms. The number of benzene rings is 1. The van der Waals surface area contributed by atoms with Crippen molar-refractivity contribution in [2.45, 2.75) is 6.54 Å². The van der Waals surface area contributed by atoms with E-state index in [1.165, 1.54) is 17.5 Å². The van der Waals surface area contributed by atoms with Gasteiger partial charge in [0.1, 0.15) is 17.2 Å². The molecule has 0 aliphatic heterocycles. The lowest BCUT2D eigenvalue weighted by molar-refractivity contribution is -0.614. The minimum atomic E-state index is -0.355. The maximum Gasteiger partial charge on any atom is 0.271 e. The number of nitrogens with zero attached hydrogens (tertiary/aromatic N) is 2. The number of nitrogens with one attached hydrogen (secondary N) is 1. The fraction of sp³-hybridized carbons (Fsp3) is 0.0625. The number of hydrogen-bond donors (Lipinski definition) is 1. The molecular weight excluding hydrogens is 369 g/mol. The Kier molecular flexibility index (Phi) is 4.99. The van der Waals surface area contributed by atoms with E-state index in [2.05, 4.69) is 10.3 Å². The molecule has 0 radical (unpaired) electrons.